The minimum absolute atomic E-state index is 0.0592. The lowest BCUT2D eigenvalue weighted by Gasteiger charge is -2.13. The molecule has 3 heterocycles. The van der Waals surface area contributed by atoms with Crippen LogP contribution in [0.25, 0.3) is 33.3 Å². The van der Waals surface area contributed by atoms with E-state index in [-0.39, 0.29) is 17.7 Å². The summed E-state index contributed by atoms with van der Waals surface area (Å²) in [5.74, 6) is -0.179. The normalized spacial score (nSPS) is 12.4. The third-order valence-corrected chi connectivity index (χ3v) is 5.41. The van der Waals surface area contributed by atoms with Crippen LogP contribution in [0.5, 0.6) is 0 Å². The highest BCUT2D eigenvalue weighted by Crippen LogP contribution is 2.38. The second-order valence-electron chi connectivity index (χ2n) is 6.64. The highest BCUT2D eigenvalue weighted by Gasteiger charge is 2.37. The summed E-state index contributed by atoms with van der Waals surface area (Å²) in [5.41, 5.74) is -2.06. The summed E-state index contributed by atoms with van der Waals surface area (Å²) >= 11 is 1.59. The highest BCUT2D eigenvalue weighted by atomic mass is 32.1. The number of aromatic nitrogens is 4. The molecule has 11 heteroatoms. The molecule has 0 aliphatic heterocycles. The number of aryl methyl sites for hydroxylation is 1. The van der Waals surface area contributed by atoms with Gasteiger partial charge in [0, 0.05) is 27.1 Å². The molecule has 0 spiro atoms. The van der Waals surface area contributed by atoms with E-state index in [1.165, 1.54) is 0 Å². The molecule has 4 nitrogen and oxygen atoms in total. The van der Waals surface area contributed by atoms with E-state index >= 15 is 0 Å². The van der Waals surface area contributed by atoms with Gasteiger partial charge in [-0.3, -0.25) is 10.1 Å². The second-order valence-corrected chi connectivity index (χ2v) is 7.93. The quantitative estimate of drug-likeness (QED) is 0.355. The first-order valence-corrected chi connectivity index (χ1v) is 9.58. The molecule has 0 unspecified atom stereocenters. The zero-order chi connectivity index (χ0) is 22.4. The zero-order valence-corrected chi connectivity index (χ0v) is 16.5. The molecule has 0 fully saturated rings. The first kappa shape index (κ1) is 21.0. The lowest BCUT2D eigenvalue weighted by Crippen LogP contribution is -2.11. The fourth-order valence-corrected chi connectivity index (χ4v) is 3.72. The van der Waals surface area contributed by atoms with Crippen LogP contribution in [0, 0.1) is 6.92 Å². The van der Waals surface area contributed by atoms with Crippen LogP contribution >= 0.6 is 11.3 Å². The largest absolute Gasteiger partial charge is 0.416 e. The van der Waals surface area contributed by atoms with Gasteiger partial charge in [-0.15, -0.1) is 11.3 Å². The Hall–Kier alpha value is -3.21. The Morgan fingerprint density at radius 3 is 2.03 bits per heavy atom. The van der Waals surface area contributed by atoms with Crippen molar-refractivity contribution in [2.45, 2.75) is 19.3 Å². The van der Waals surface area contributed by atoms with E-state index in [4.69, 9.17) is 0 Å². The van der Waals surface area contributed by atoms with E-state index in [9.17, 15) is 26.3 Å². The molecule has 1 aromatic carbocycles. The van der Waals surface area contributed by atoms with E-state index in [0.717, 1.165) is 15.3 Å². The summed E-state index contributed by atoms with van der Waals surface area (Å²) in [5, 5.41) is 6.30. The second kappa shape index (κ2) is 7.49. The van der Waals surface area contributed by atoms with Gasteiger partial charge in [0.15, 0.2) is 11.6 Å². The smallest absolute Gasteiger partial charge is 0.257 e. The van der Waals surface area contributed by atoms with Crippen molar-refractivity contribution in [3.05, 3.63) is 64.7 Å². The number of alkyl halides is 6. The van der Waals surface area contributed by atoms with Crippen molar-refractivity contribution in [1.82, 2.24) is 20.2 Å². The maximum absolute atomic E-state index is 13.1. The van der Waals surface area contributed by atoms with Crippen LogP contribution in [0.15, 0.2) is 48.7 Å². The maximum atomic E-state index is 13.1. The van der Waals surface area contributed by atoms with Crippen LogP contribution in [0.4, 0.5) is 26.3 Å². The molecule has 1 N–H and O–H groups in total. The van der Waals surface area contributed by atoms with Gasteiger partial charge in [0.25, 0.3) is 0 Å². The molecule has 160 valence electrons. The third kappa shape index (κ3) is 4.46. The molecule has 3 aromatic heterocycles. The molecule has 0 aliphatic carbocycles. The Kier molecular flexibility index (Phi) is 5.08. The molecular formula is C20H12F6N4S. The summed E-state index contributed by atoms with van der Waals surface area (Å²) in [7, 11) is 0. The Balaban J connectivity index is 1.69. The van der Waals surface area contributed by atoms with E-state index in [0.29, 0.717) is 17.8 Å². The SMILES string of the molecule is Cc1ccc(-c2ccc(-c3nc(-c4cc(C(F)(F)F)cc(C(F)(F)F)c4)n[nH]3)nc2)s1. The number of pyridine rings is 1. The number of rotatable bonds is 3. The van der Waals surface area contributed by atoms with E-state index in [2.05, 4.69) is 20.2 Å². The summed E-state index contributed by atoms with van der Waals surface area (Å²) in [4.78, 5) is 10.5. The van der Waals surface area contributed by atoms with Crippen LogP contribution in [0.3, 0.4) is 0 Å². The van der Waals surface area contributed by atoms with Crippen molar-refractivity contribution in [3.8, 4) is 33.3 Å². The van der Waals surface area contributed by atoms with Gasteiger partial charge in [0.2, 0.25) is 0 Å². The molecule has 0 saturated carbocycles. The van der Waals surface area contributed by atoms with Crippen molar-refractivity contribution in [1.29, 1.82) is 0 Å². The first-order chi connectivity index (χ1) is 14.5. The fraction of sp³-hybridized carbons (Fsp3) is 0.150. The van der Waals surface area contributed by atoms with Crippen LogP contribution < -0.4 is 0 Å². The van der Waals surface area contributed by atoms with Crippen LogP contribution in [-0.4, -0.2) is 20.2 Å². The molecule has 4 rings (SSSR count). The lowest BCUT2D eigenvalue weighted by atomic mass is 10.0. The van der Waals surface area contributed by atoms with E-state index < -0.39 is 29.0 Å². The summed E-state index contributed by atoms with van der Waals surface area (Å²) < 4.78 is 78.5. The van der Waals surface area contributed by atoms with E-state index in [1.54, 1.807) is 29.7 Å². The fourth-order valence-electron chi connectivity index (χ4n) is 2.86. The molecule has 31 heavy (non-hydrogen) atoms. The van der Waals surface area contributed by atoms with Crippen molar-refractivity contribution in [3.63, 3.8) is 0 Å². The summed E-state index contributed by atoms with van der Waals surface area (Å²) in [6.45, 7) is 1.98. The Morgan fingerprint density at radius 2 is 1.52 bits per heavy atom. The minimum atomic E-state index is -4.95. The van der Waals surface area contributed by atoms with E-state index in [1.807, 2.05) is 19.1 Å². The topological polar surface area (TPSA) is 54.5 Å². The predicted molar refractivity (Wildman–Crippen MR) is 103 cm³/mol. The molecular weight excluding hydrogens is 442 g/mol. The molecule has 0 bridgehead atoms. The van der Waals surface area contributed by atoms with Gasteiger partial charge in [0.1, 0.15) is 5.69 Å². The molecule has 0 atom stereocenters. The monoisotopic (exact) mass is 454 g/mol. The van der Waals surface area contributed by atoms with Gasteiger partial charge >= 0.3 is 12.4 Å². The van der Waals surface area contributed by atoms with Gasteiger partial charge in [-0.05, 0) is 49.4 Å². The number of halogens is 6. The average molecular weight is 454 g/mol. The number of hydrogen-bond acceptors (Lipinski definition) is 4. The number of nitrogens with zero attached hydrogens (tertiary/aromatic N) is 3. The molecule has 0 aliphatic rings. The summed E-state index contributed by atoms with van der Waals surface area (Å²) in [6, 6.07) is 8.58. The number of nitrogens with one attached hydrogen (secondary N) is 1. The number of thiophene rings is 1. The Morgan fingerprint density at radius 1 is 0.839 bits per heavy atom. The lowest BCUT2D eigenvalue weighted by molar-refractivity contribution is -0.143. The van der Waals surface area contributed by atoms with Crippen molar-refractivity contribution in [2.24, 2.45) is 0 Å². The third-order valence-electron chi connectivity index (χ3n) is 4.36. The summed E-state index contributed by atoms with van der Waals surface area (Å²) in [6.07, 6.45) is -8.30. The van der Waals surface area contributed by atoms with Gasteiger partial charge in [-0.1, -0.05) is 0 Å². The molecule has 0 radical (unpaired) electrons. The number of hydrogen-bond donors (Lipinski definition) is 1. The van der Waals surface area contributed by atoms with Crippen LogP contribution in [-0.2, 0) is 12.4 Å². The standard InChI is InChI=1S/C20H12F6N4S/c1-10-2-5-16(31-10)11-3-4-15(27-9-11)18-28-17(29-30-18)12-6-13(19(21,22)23)8-14(7-12)20(24,25)26/h2-9H,1H3,(H,28,29,30). The minimum Gasteiger partial charge on any atom is -0.257 e. The van der Waals surface area contributed by atoms with Crippen molar-refractivity contribution >= 4 is 11.3 Å². The van der Waals surface area contributed by atoms with Crippen LogP contribution in [0.1, 0.15) is 16.0 Å². The number of benzene rings is 1. The zero-order valence-electron chi connectivity index (χ0n) is 15.6. The Labute approximate surface area is 175 Å². The van der Waals surface area contributed by atoms with Crippen molar-refractivity contribution in [2.75, 3.05) is 0 Å². The average Bonchev–Trinajstić information content (AvgIpc) is 3.36. The molecule has 0 saturated heterocycles. The van der Waals surface area contributed by atoms with Gasteiger partial charge < -0.3 is 0 Å². The van der Waals surface area contributed by atoms with Gasteiger partial charge in [0.05, 0.1) is 11.1 Å². The Bertz CT molecular complexity index is 1190. The van der Waals surface area contributed by atoms with Crippen LogP contribution in [0.2, 0.25) is 0 Å². The maximum Gasteiger partial charge on any atom is 0.416 e. The number of aromatic amines is 1. The van der Waals surface area contributed by atoms with Gasteiger partial charge in [-0.25, -0.2) is 4.98 Å². The number of H-pyrrole nitrogens is 1. The first-order valence-electron chi connectivity index (χ1n) is 8.76. The van der Waals surface area contributed by atoms with Gasteiger partial charge in [-0.2, -0.15) is 31.4 Å². The predicted octanol–water partition coefficient (Wildman–Crippen LogP) is 6.61. The molecule has 4 aromatic rings. The highest BCUT2D eigenvalue weighted by molar-refractivity contribution is 7.15. The molecule has 0 amide bonds. The van der Waals surface area contributed by atoms with Crippen molar-refractivity contribution < 1.29 is 26.3 Å².